The van der Waals surface area contributed by atoms with Crippen LogP contribution in [0.5, 0.6) is 0 Å². The first kappa shape index (κ1) is 15.5. The molecule has 22 heavy (non-hydrogen) atoms. The average molecular weight is 316 g/mol. The summed E-state index contributed by atoms with van der Waals surface area (Å²) in [6, 6.07) is 19.7. The summed E-state index contributed by atoms with van der Waals surface area (Å²) in [7, 11) is 1.79. The van der Waals surface area contributed by atoms with E-state index in [1.807, 2.05) is 12.1 Å². The van der Waals surface area contributed by atoms with Crippen molar-refractivity contribution in [2.24, 2.45) is 0 Å². The molecule has 1 saturated heterocycles. The molecule has 1 fully saturated rings. The molecule has 2 nitrogen and oxygen atoms in total. The maximum atomic E-state index is 6.07. The molecule has 0 N–H and O–H groups in total. The highest BCUT2D eigenvalue weighted by Crippen LogP contribution is 2.35. The van der Waals surface area contributed by atoms with E-state index in [4.69, 9.17) is 16.3 Å². The fourth-order valence-corrected chi connectivity index (χ4v) is 3.55. The first-order valence-corrected chi connectivity index (χ1v) is 8.22. The van der Waals surface area contributed by atoms with Crippen LogP contribution in [0.4, 0.5) is 0 Å². The van der Waals surface area contributed by atoms with Crippen molar-refractivity contribution in [1.29, 1.82) is 0 Å². The summed E-state index contributed by atoms with van der Waals surface area (Å²) in [5, 5.41) is 0.783. The molecule has 116 valence electrons. The van der Waals surface area contributed by atoms with E-state index in [2.05, 4.69) is 47.4 Å². The number of benzene rings is 2. The molecule has 1 heterocycles. The Hall–Kier alpha value is -1.35. The lowest BCUT2D eigenvalue weighted by atomic mass is 9.96. The maximum Gasteiger partial charge on any atom is 0.0618 e. The van der Waals surface area contributed by atoms with Gasteiger partial charge in [-0.2, -0.15) is 0 Å². The summed E-state index contributed by atoms with van der Waals surface area (Å²) in [5.41, 5.74) is 2.62. The second-order valence-electron chi connectivity index (χ2n) is 5.85. The molecule has 2 atom stereocenters. The third-order valence-electron chi connectivity index (χ3n) is 4.41. The van der Waals surface area contributed by atoms with Crippen molar-refractivity contribution in [2.75, 3.05) is 20.3 Å². The van der Waals surface area contributed by atoms with Crippen molar-refractivity contribution >= 4 is 11.6 Å². The molecule has 1 aliphatic rings. The number of methoxy groups -OCH3 is 1. The molecule has 0 bridgehead atoms. The quantitative estimate of drug-likeness (QED) is 0.803. The van der Waals surface area contributed by atoms with E-state index in [0.717, 1.165) is 18.2 Å². The van der Waals surface area contributed by atoms with Gasteiger partial charge in [-0.1, -0.05) is 54.1 Å². The van der Waals surface area contributed by atoms with E-state index in [1.54, 1.807) is 7.11 Å². The third-order valence-corrected chi connectivity index (χ3v) is 4.67. The minimum Gasteiger partial charge on any atom is -0.383 e. The summed E-state index contributed by atoms with van der Waals surface area (Å²) in [4.78, 5) is 2.57. The Labute approximate surface area is 137 Å². The molecular weight excluding hydrogens is 294 g/mol. The minimum atomic E-state index is 0.265. The van der Waals surface area contributed by atoms with Crippen LogP contribution in [0.15, 0.2) is 54.6 Å². The Morgan fingerprint density at radius 2 is 1.77 bits per heavy atom. The lowest BCUT2D eigenvalue weighted by molar-refractivity contribution is 0.0989. The highest BCUT2D eigenvalue weighted by molar-refractivity contribution is 6.30. The summed E-state index contributed by atoms with van der Waals surface area (Å²) in [6.45, 7) is 1.90. The monoisotopic (exact) mass is 315 g/mol. The van der Waals surface area contributed by atoms with E-state index < -0.39 is 0 Å². The Bertz CT molecular complexity index is 584. The van der Waals surface area contributed by atoms with Gasteiger partial charge in [-0.25, -0.2) is 0 Å². The average Bonchev–Trinajstić information content (AvgIpc) is 2.99. The summed E-state index contributed by atoms with van der Waals surface area (Å²) >= 11 is 6.07. The van der Waals surface area contributed by atoms with Gasteiger partial charge in [0.2, 0.25) is 0 Å². The Kier molecular flexibility index (Phi) is 5.14. The van der Waals surface area contributed by atoms with Gasteiger partial charge in [0, 0.05) is 18.2 Å². The van der Waals surface area contributed by atoms with E-state index in [1.165, 1.54) is 24.0 Å². The van der Waals surface area contributed by atoms with Crippen LogP contribution in [-0.4, -0.2) is 31.2 Å². The Morgan fingerprint density at radius 1 is 1.09 bits per heavy atom. The number of halogens is 1. The molecule has 3 rings (SSSR count). The van der Waals surface area contributed by atoms with Gasteiger partial charge in [-0.15, -0.1) is 0 Å². The highest BCUT2D eigenvalue weighted by Gasteiger charge is 2.32. The Morgan fingerprint density at radius 3 is 2.45 bits per heavy atom. The van der Waals surface area contributed by atoms with Crippen LogP contribution in [0.3, 0.4) is 0 Å². The molecule has 0 radical (unpaired) electrons. The van der Waals surface area contributed by atoms with Crippen molar-refractivity contribution in [2.45, 2.75) is 24.9 Å². The number of hydrogen-bond donors (Lipinski definition) is 0. The van der Waals surface area contributed by atoms with Crippen LogP contribution in [0.2, 0.25) is 5.02 Å². The smallest absolute Gasteiger partial charge is 0.0618 e. The Balaban J connectivity index is 1.97. The largest absolute Gasteiger partial charge is 0.383 e. The van der Waals surface area contributed by atoms with Gasteiger partial charge in [-0.05, 0) is 42.6 Å². The van der Waals surface area contributed by atoms with E-state index in [-0.39, 0.29) is 6.04 Å². The van der Waals surface area contributed by atoms with E-state index in [0.29, 0.717) is 6.04 Å². The van der Waals surface area contributed by atoms with Crippen LogP contribution in [0, 0.1) is 0 Å². The predicted octanol–water partition coefficient (Wildman–Crippen LogP) is 4.54. The first-order valence-electron chi connectivity index (χ1n) is 7.84. The van der Waals surface area contributed by atoms with Crippen molar-refractivity contribution in [3.63, 3.8) is 0 Å². The molecular formula is C19H22ClNO. The zero-order valence-corrected chi connectivity index (χ0v) is 13.7. The summed E-state index contributed by atoms with van der Waals surface area (Å²) in [6.07, 6.45) is 2.43. The predicted molar refractivity (Wildman–Crippen MR) is 91.3 cm³/mol. The molecule has 2 aromatic carbocycles. The fraction of sp³-hybridized carbons (Fsp3) is 0.368. The van der Waals surface area contributed by atoms with Crippen molar-refractivity contribution in [1.82, 2.24) is 4.90 Å². The molecule has 0 amide bonds. The number of rotatable bonds is 5. The highest BCUT2D eigenvalue weighted by atomic mass is 35.5. The van der Waals surface area contributed by atoms with Crippen LogP contribution < -0.4 is 0 Å². The van der Waals surface area contributed by atoms with Gasteiger partial charge in [0.25, 0.3) is 0 Å². The number of nitrogens with zero attached hydrogens (tertiary/aromatic N) is 1. The van der Waals surface area contributed by atoms with Gasteiger partial charge in [0.1, 0.15) is 0 Å². The third kappa shape index (κ3) is 3.35. The molecule has 1 aliphatic heterocycles. The summed E-state index contributed by atoms with van der Waals surface area (Å²) in [5.74, 6) is 0. The number of likely N-dealkylation sites (tertiary alicyclic amines) is 1. The standard InChI is InChI=1S/C19H22ClNO/c1-22-14-18-8-5-13-21(18)19(15-6-3-2-4-7-15)16-9-11-17(20)12-10-16/h2-4,6-7,9-12,18-19H,5,8,13-14H2,1H3/t18-,19?/m0/s1. The molecule has 0 aromatic heterocycles. The zero-order chi connectivity index (χ0) is 15.4. The van der Waals surface area contributed by atoms with E-state index >= 15 is 0 Å². The number of hydrogen-bond acceptors (Lipinski definition) is 2. The van der Waals surface area contributed by atoms with Gasteiger partial charge >= 0.3 is 0 Å². The minimum absolute atomic E-state index is 0.265. The van der Waals surface area contributed by atoms with Gasteiger partial charge in [-0.3, -0.25) is 4.90 Å². The second-order valence-corrected chi connectivity index (χ2v) is 6.29. The normalized spacial score (nSPS) is 20.2. The molecule has 3 heteroatoms. The van der Waals surface area contributed by atoms with Gasteiger partial charge < -0.3 is 4.74 Å². The lowest BCUT2D eigenvalue weighted by Crippen LogP contribution is -2.36. The van der Waals surface area contributed by atoms with Crippen LogP contribution in [0.1, 0.15) is 30.0 Å². The van der Waals surface area contributed by atoms with Gasteiger partial charge in [0.15, 0.2) is 0 Å². The van der Waals surface area contributed by atoms with Crippen LogP contribution in [-0.2, 0) is 4.74 Å². The van der Waals surface area contributed by atoms with Crippen molar-refractivity contribution in [3.8, 4) is 0 Å². The summed E-state index contributed by atoms with van der Waals surface area (Å²) < 4.78 is 5.43. The molecule has 2 aromatic rings. The molecule has 0 spiro atoms. The maximum absolute atomic E-state index is 6.07. The topological polar surface area (TPSA) is 12.5 Å². The molecule has 0 aliphatic carbocycles. The number of ether oxygens (including phenoxy) is 1. The fourth-order valence-electron chi connectivity index (χ4n) is 3.43. The van der Waals surface area contributed by atoms with Crippen molar-refractivity contribution < 1.29 is 4.74 Å². The molecule has 0 saturated carbocycles. The van der Waals surface area contributed by atoms with E-state index in [9.17, 15) is 0 Å². The lowest BCUT2D eigenvalue weighted by Gasteiger charge is -2.33. The van der Waals surface area contributed by atoms with Crippen molar-refractivity contribution in [3.05, 3.63) is 70.7 Å². The SMILES string of the molecule is COC[C@@H]1CCCN1C(c1ccccc1)c1ccc(Cl)cc1. The zero-order valence-electron chi connectivity index (χ0n) is 12.9. The van der Waals surface area contributed by atoms with Gasteiger partial charge in [0.05, 0.1) is 12.6 Å². The van der Waals surface area contributed by atoms with Crippen LogP contribution in [0.25, 0.3) is 0 Å². The molecule has 1 unspecified atom stereocenters. The first-order chi connectivity index (χ1) is 10.8. The van der Waals surface area contributed by atoms with Crippen LogP contribution >= 0.6 is 11.6 Å². The second kappa shape index (κ2) is 7.28.